The van der Waals surface area contributed by atoms with Gasteiger partial charge >= 0.3 is 0 Å². The van der Waals surface area contributed by atoms with Gasteiger partial charge in [-0.15, -0.1) is 0 Å². The van der Waals surface area contributed by atoms with Crippen molar-refractivity contribution < 1.29 is 9.90 Å². The molecule has 4 nitrogen and oxygen atoms in total. The number of piperidine rings is 1. The lowest BCUT2D eigenvalue weighted by Crippen LogP contribution is -2.56. The first kappa shape index (κ1) is 20.1. The molecule has 0 bridgehead atoms. The molecule has 2 fully saturated rings. The van der Waals surface area contributed by atoms with Gasteiger partial charge < -0.3 is 15.7 Å². The third-order valence-electron chi connectivity index (χ3n) is 7.42. The van der Waals surface area contributed by atoms with Gasteiger partial charge in [-0.25, -0.2) is 0 Å². The topological polar surface area (TPSA) is 66.6 Å². The third kappa shape index (κ3) is 3.96. The zero-order valence-corrected chi connectivity index (χ0v) is 17.5. The van der Waals surface area contributed by atoms with Crippen LogP contribution in [0.5, 0.6) is 0 Å². The number of nitrogens with two attached hydrogens (primary N) is 1. The van der Waals surface area contributed by atoms with Gasteiger partial charge in [0.15, 0.2) is 0 Å². The SMILES string of the molecule is CC1CN(C[C@]2(O)C[C@H](c3ccccc3)C2)CCC1(C)c1cccc(C(N)=O)c1. The third-order valence-corrected chi connectivity index (χ3v) is 7.42. The minimum absolute atomic E-state index is 0.0107. The fourth-order valence-electron chi connectivity index (χ4n) is 5.28. The molecule has 2 unspecified atom stereocenters. The van der Waals surface area contributed by atoms with E-state index >= 15 is 0 Å². The molecule has 154 valence electrons. The average molecular weight is 393 g/mol. The molecule has 1 saturated carbocycles. The van der Waals surface area contributed by atoms with Gasteiger partial charge in [-0.3, -0.25) is 4.79 Å². The minimum atomic E-state index is -0.570. The van der Waals surface area contributed by atoms with Crippen LogP contribution in [0.15, 0.2) is 54.6 Å². The highest BCUT2D eigenvalue weighted by molar-refractivity contribution is 5.92. The predicted octanol–water partition coefficient (Wildman–Crippen LogP) is 3.69. The fourth-order valence-corrected chi connectivity index (χ4v) is 5.28. The van der Waals surface area contributed by atoms with Gasteiger partial charge in [-0.05, 0) is 66.3 Å². The van der Waals surface area contributed by atoms with Crippen molar-refractivity contribution in [3.8, 4) is 0 Å². The molecule has 4 rings (SSSR count). The maximum atomic E-state index is 11.6. The second kappa shape index (κ2) is 7.58. The number of hydrogen-bond donors (Lipinski definition) is 2. The van der Waals surface area contributed by atoms with Crippen LogP contribution in [0.1, 0.15) is 60.5 Å². The molecule has 29 heavy (non-hydrogen) atoms. The first-order valence-electron chi connectivity index (χ1n) is 10.7. The van der Waals surface area contributed by atoms with Crippen LogP contribution >= 0.6 is 0 Å². The second-order valence-corrected chi connectivity index (χ2v) is 9.49. The molecule has 2 aliphatic rings. The van der Waals surface area contributed by atoms with E-state index in [0.29, 0.717) is 17.4 Å². The Morgan fingerprint density at radius 1 is 1.17 bits per heavy atom. The van der Waals surface area contributed by atoms with Crippen LogP contribution in [0.3, 0.4) is 0 Å². The Hall–Kier alpha value is -2.17. The van der Waals surface area contributed by atoms with Crippen molar-refractivity contribution in [2.75, 3.05) is 19.6 Å². The van der Waals surface area contributed by atoms with Crippen molar-refractivity contribution >= 4 is 5.91 Å². The van der Waals surface area contributed by atoms with Gasteiger partial charge in [0.05, 0.1) is 5.60 Å². The quantitative estimate of drug-likeness (QED) is 0.815. The summed E-state index contributed by atoms with van der Waals surface area (Å²) in [6.07, 6.45) is 2.70. The number of carbonyl (C=O) groups is 1. The summed E-state index contributed by atoms with van der Waals surface area (Å²) in [5.41, 5.74) is 8.03. The van der Waals surface area contributed by atoms with Crippen molar-refractivity contribution in [1.29, 1.82) is 0 Å². The molecule has 0 spiro atoms. The highest BCUT2D eigenvalue weighted by atomic mass is 16.3. The summed E-state index contributed by atoms with van der Waals surface area (Å²) in [6, 6.07) is 18.3. The summed E-state index contributed by atoms with van der Waals surface area (Å²) in [7, 11) is 0. The average Bonchev–Trinajstić information content (AvgIpc) is 2.69. The zero-order valence-electron chi connectivity index (χ0n) is 17.5. The summed E-state index contributed by atoms with van der Waals surface area (Å²) >= 11 is 0. The fraction of sp³-hybridized carbons (Fsp3) is 0.480. The smallest absolute Gasteiger partial charge is 0.248 e. The molecule has 0 aromatic heterocycles. The maximum Gasteiger partial charge on any atom is 0.248 e. The van der Waals surface area contributed by atoms with Crippen molar-refractivity contribution in [1.82, 2.24) is 4.90 Å². The molecule has 3 N–H and O–H groups in total. The van der Waals surface area contributed by atoms with Crippen LogP contribution in [0, 0.1) is 5.92 Å². The van der Waals surface area contributed by atoms with Crippen LogP contribution in [0.2, 0.25) is 0 Å². The summed E-state index contributed by atoms with van der Waals surface area (Å²) in [5.74, 6) is 0.527. The van der Waals surface area contributed by atoms with Crippen LogP contribution in [-0.2, 0) is 5.41 Å². The van der Waals surface area contributed by atoms with E-state index in [1.807, 2.05) is 18.2 Å². The number of aliphatic hydroxyl groups is 1. The molecule has 2 aromatic rings. The number of primary amides is 1. The molecule has 2 atom stereocenters. The van der Waals surface area contributed by atoms with Crippen molar-refractivity contribution in [3.05, 3.63) is 71.3 Å². The van der Waals surface area contributed by atoms with Gasteiger partial charge in [-0.1, -0.05) is 56.3 Å². The van der Waals surface area contributed by atoms with E-state index in [9.17, 15) is 9.90 Å². The van der Waals surface area contributed by atoms with Crippen molar-refractivity contribution in [2.45, 2.75) is 50.0 Å². The van der Waals surface area contributed by atoms with Gasteiger partial charge in [0, 0.05) is 18.7 Å². The van der Waals surface area contributed by atoms with E-state index in [-0.39, 0.29) is 11.3 Å². The van der Waals surface area contributed by atoms with E-state index in [4.69, 9.17) is 5.73 Å². The van der Waals surface area contributed by atoms with Crippen LogP contribution < -0.4 is 5.73 Å². The van der Waals surface area contributed by atoms with Crippen molar-refractivity contribution in [2.24, 2.45) is 11.7 Å². The number of amides is 1. The van der Waals surface area contributed by atoms with Crippen LogP contribution in [0.4, 0.5) is 0 Å². The van der Waals surface area contributed by atoms with E-state index in [1.54, 1.807) is 6.07 Å². The summed E-state index contributed by atoms with van der Waals surface area (Å²) in [6.45, 7) is 7.23. The van der Waals surface area contributed by atoms with E-state index < -0.39 is 5.60 Å². The zero-order chi connectivity index (χ0) is 20.6. The number of rotatable bonds is 5. The summed E-state index contributed by atoms with van der Waals surface area (Å²) < 4.78 is 0. The van der Waals surface area contributed by atoms with Crippen molar-refractivity contribution in [3.63, 3.8) is 0 Å². The second-order valence-electron chi connectivity index (χ2n) is 9.49. The molecule has 1 amide bonds. The van der Waals surface area contributed by atoms with Crippen LogP contribution in [0.25, 0.3) is 0 Å². The molecule has 0 radical (unpaired) electrons. The number of likely N-dealkylation sites (tertiary alicyclic amines) is 1. The first-order valence-corrected chi connectivity index (χ1v) is 10.7. The number of benzene rings is 2. The molecule has 1 saturated heterocycles. The molecule has 1 aliphatic heterocycles. The standard InChI is InChI=1S/C25H32N2O2/c1-18-16-27(17-25(29)14-21(15-25)19-7-4-3-5-8-19)12-11-24(18,2)22-10-6-9-20(13-22)23(26)28/h3-10,13,18,21,29H,11-12,14-17H2,1-2H3,(H2,26,28)/t18?,21-,24?,25-. The maximum absolute atomic E-state index is 11.6. The molecule has 1 aliphatic carbocycles. The first-order chi connectivity index (χ1) is 13.8. The Kier molecular flexibility index (Phi) is 5.26. The molecule has 1 heterocycles. The van der Waals surface area contributed by atoms with Crippen LogP contribution in [-0.4, -0.2) is 41.1 Å². The number of nitrogens with zero attached hydrogens (tertiary/aromatic N) is 1. The van der Waals surface area contributed by atoms with Gasteiger partial charge in [0.2, 0.25) is 5.91 Å². The minimum Gasteiger partial charge on any atom is -0.389 e. The molecular weight excluding hydrogens is 360 g/mol. The van der Waals surface area contributed by atoms with E-state index in [1.165, 1.54) is 11.1 Å². The number of hydrogen-bond acceptors (Lipinski definition) is 3. The Labute approximate surface area is 173 Å². The number of β-amino-alcohol motifs (C(OH)–C–C–N with tert-alkyl or cyclic N) is 1. The predicted molar refractivity (Wildman–Crippen MR) is 116 cm³/mol. The lowest BCUT2D eigenvalue weighted by molar-refractivity contribution is -0.0815. The highest BCUT2D eigenvalue weighted by Gasteiger charge is 2.46. The lowest BCUT2D eigenvalue weighted by Gasteiger charge is -2.50. The van der Waals surface area contributed by atoms with E-state index in [2.05, 4.69) is 49.1 Å². The lowest BCUT2D eigenvalue weighted by atomic mass is 9.65. The van der Waals surface area contributed by atoms with Gasteiger partial charge in [0.1, 0.15) is 0 Å². The Balaban J connectivity index is 1.38. The monoisotopic (exact) mass is 392 g/mol. The molecule has 4 heteroatoms. The Morgan fingerprint density at radius 3 is 2.55 bits per heavy atom. The summed E-state index contributed by atoms with van der Waals surface area (Å²) in [5, 5.41) is 11.0. The normalized spacial score (nSPS) is 32.5. The van der Waals surface area contributed by atoms with E-state index in [0.717, 1.165) is 38.9 Å². The largest absolute Gasteiger partial charge is 0.389 e. The molecule has 2 aromatic carbocycles. The number of carbonyl (C=O) groups excluding carboxylic acids is 1. The Bertz CT molecular complexity index is 875. The molecular formula is C25H32N2O2. The van der Waals surface area contributed by atoms with Gasteiger partial charge in [0.25, 0.3) is 0 Å². The highest BCUT2D eigenvalue weighted by Crippen LogP contribution is 2.46. The summed E-state index contributed by atoms with van der Waals surface area (Å²) in [4.78, 5) is 14.0. The Morgan fingerprint density at radius 2 is 1.90 bits per heavy atom. The van der Waals surface area contributed by atoms with Gasteiger partial charge in [-0.2, -0.15) is 0 Å².